The monoisotopic (exact) mass is 304 g/mol. The van der Waals surface area contributed by atoms with Crippen LogP contribution in [0.5, 0.6) is 0 Å². The fourth-order valence-corrected chi connectivity index (χ4v) is 3.90. The zero-order valence-electron chi connectivity index (χ0n) is 13.6. The first kappa shape index (κ1) is 17.9. The molecule has 5 heteroatoms. The van der Waals surface area contributed by atoms with E-state index in [0.717, 1.165) is 32.5 Å². The van der Waals surface area contributed by atoms with Crippen LogP contribution in [0.25, 0.3) is 0 Å². The Kier molecular flexibility index (Phi) is 7.48. The van der Waals surface area contributed by atoms with Gasteiger partial charge in [-0.25, -0.2) is 12.7 Å². The summed E-state index contributed by atoms with van der Waals surface area (Å²) < 4.78 is 25.0. The molecular weight excluding hydrogens is 272 g/mol. The molecule has 0 amide bonds. The molecular formula is C15H32N2O2S. The minimum atomic E-state index is -3.01. The second-order valence-corrected chi connectivity index (χ2v) is 8.67. The summed E-state index contributed by atoms with van der Waals surface area (Å²) in [6.07, 6.45) is 5.82. The fourth-order valence-electron chi connectivity index (χ4n) is 2.96. The average Bonchev–Trinajstić information content (AvgIpc) is 2.36. The summed E-state index contributed by atoms with van der Waals surface area (Å²) in [6, 6.07) is 0. The topological polar surface area (TPSA) is 49.4 Å². The number of hydrogen-bond donors (Lipinski definition) is 1. The maximum absolute atomic E-state index is 11.6. The van der Waals surface area contributed by atoms with E-state index in [1.54, 1.807) is 4.31 Å². The van der Waals surface area contributed by atoms with Crippen molar-refractivity contribution >= 4 is 10.0 Å². The maximum atomic E-state index is 11.6. The highest BCUT2D eigenvalue weighted by Crippen LogP contribution is 2.25. The van der Waals surface area contributed by atoms with Crippen LogP contribution in [-0.4, -0.2) is 45.2 Å². The highest BCUT2D eigenvalue weighted by molar-refractivity contribution is 7.88. The summed E-state index contributed by atoms with van der Waals surface area (Å²) in [6.45, 7) is 10.2. The third-order valence-electron chi connectivity index (χ3n) is 4.18. The average molecular weight is 304 g/mol. The number of sulfonamides is 1. The zero-order chi connectivity index (χ0) is 15.2. The van der Waals surface area contributed by atoms with Crippen LogP contribution in [0.2, 0.25) is 0 Å². The van der Waals surface area contributed by atoms with Gasteiger partial charge in [-0.1, -0.05) is 27.2 Å². The molecule has 0 aromatic carbocycles. The lowest BCUT2D eigenvalue weighted by Crippen LogP contribution is -2.40. The number of nitrogens with zero attached hydrogens (tertiary/aromatic N) is 1. The van der Waals surface area contributed by atoms with Crippen LogP contribution in [-0.2, 0) is 10.0 Å². The van der Waals surface area contributed by atoms with Gasteiger partial charge in [0.1, 0.15) is 0 Å². The van der Waals surface area contributed by atoms with Crippen molar-refractivity contribution in [3.8, 4) is 0 Å². The molecule has 0 radical (unpaired) electrons. The molecule has 1 aliphatic heterocycles. The van der Waals surface area contributed by atoms with Crippen molar-refractivity contribution < 1.29 is 8.42 Å². The van der Waals surface area contributed by atoms with Crippen LogP contribution < -0.4 is 5.32 Å². The molecule has 1 rings (SSSR count). The van der Waals surface area contributed by atoms with Crippen LogP contribution in [0.3, 0.4) is 0 Å². The summed E-state index contributed by atoms with van der Waals surface area (Å²) in [5.74, 6) is 1.88. The molecule has 20 heavy (non-hydrogen) atoms. The molecule has 0 saturated carbocycles. The van der Waals surface area contributed by atoms with Gasteiger partial charge in [-0.3, -0.25) is 0 Å². The van der Waals surface area contributed by atoms with E-state index in [-0.39, 0.29) is 0 Å². The third-order valence-corrected chi connectivity index (χ3v) is 5.45. The summed E-state index contributed by atoms with van der Waals surface area (Å²) in [7, 11) is -3.01. The maximum Gasteiger partial charge on any atom is 0.211 e. The molecule has 1 fully saturated rings. The van der Waals surface area contributed by atoms with Gasteiger partial charge in [0.15, 0.2) is 0 Å². The van der Waals surface area contributed by atoms with E-state index < -0.39 is 10.0 Å². The van der Waals surface area contributed by atoms with Gasteiger partial charge < -0.3 is 5.32 Å². The molecule has 0 aromatic heterocycles. The first-order chi connectivity index (χ1) is 9.32. The molecule has 1 heterocycles. The van der Waals surface area contributed by atoms with Crippen molar-refractivity contribution in [3.63, 3.8) is 0 Å². The third kappa shape index (κ3) is 6.55. The van der Waals surface area contributed by atoms with Crippen molar-refractivity contribution in [2.75, 3.05) is 32.4 Å². The van der Waals surface area contributed by atoms with E-state index in [4.69, 9.17) is 0 Å². The van der Waals surface area contributed by atoms with Crippen molar-refractivity contribution in [2.24, 2.45) is 17.8 Å². The highest BCUT2D eigenvalue weighted by atomic mass is 32.2. The van der Waals surface area contributed by atoms with E-state index >= 15 is 0 Å². The Bertz CT molecular complexity index is 368. The van der Waals surface area contributed by atoms with Crippen molar-refractivity contribution in [2.45, 2.75) is 46.5 Å². The Morgan fingerprint density at radius 3 is 2.55 bits per heavy atom. The van der Waals surface area contributed by atoms with Gasteiger partial charge in [0.25, 0.3) is 0 Å². The number of nitrogens with one attached hydrogen (secondary N) is 1. The number of piperidine rings is 1. The van der Waals surface area contributed by atoms with Crippen LogP contribution >= 0.6 is 0 Å². The Labute approximate surface area is 125 Å². The van der Waals surface area contributed by atoms with Gasteiger partial charge in [0.2, 0.25) is 10.0 Å². The van der Waals surface area contributed by atoms with Gasteiger partial charge >= 0.3 is 0 Å². The Morgan fingerprint density at radius 1 is 1.30 bits per heavy atom. The largest absolute Gasteiger partial charge is 0.316 e. The molecule has 1 saturated heterocycles. The lowest BCUT2D eigenvalue weighted by Gasteiger charge is -2.33. The van der Waals surface area contributed by atoms with Gasteiger partial charge in [-0.05, 0) is 50.1 Å². The smallest absolute Gasteiger partial charge is 0.211 e. The quantitative estimate of drug-likeness (QED) is 0.749. The van der Waals surface area contributed by atoms with E-state index in [1.807, 2.05) is 0 Å². The lowest BCUT2D eigenvalue weighted by atomic mass is 9.87. The van der Waals surface area contributed by atoms with Gasteiger partial charge in [-0.2, -0.15) is 0 Å². The molecule has 1 N–H and O–H groups in total. The standard InChI is InChI=1S/C15H32N2O2S/c1-5-14(11-16-10-13(2)3)9-15-7-6-8-17(12-15)20(4,18)19/h13-16H,5-12H2,1-4H3. The summed E-state index contributed by atoms with van der Waals surface area (Å²) in [5.41, 5.74) is 0. The van der Waals surface area contributed by atoms with Gasteiger partial charge in [-0.15, -0.1) is 0 Å². The lowest BCUT2D eigenvalue weighted by molar-refractivity contribution is 0.225. The Hall–Kier alpha value is -0.130. The second kappa shape index (κ2) is 8.35. The summed E-state index contributed by atoms with van der Waals surface area (Å²) in [5, 5.41) is 3.54. The first-order valence-electron chi connectivity index (χ1n) is 7.98. The Morgan fingerprint density at radius 2 is 2.00 bits per heavy atom. The van der Waals surface area contributed by atoms with E-state index in [9.17, 15) is 8.42 Å². The molecule has 0 aliphatic carbocycles. The predicted octanol–water partition coefficient (Wildman–Crippen LogP) is 2.32. The predicted molar refractivity (Wildman–Crippen MR) is 85.2 cm³/mol. The SMILES string of the molecule is CCC(CNCC(C)C)CC1CCCN(S(C)(=O)=O)C1. The van der Waals surface area contributed by atoms with Gasteiger partial charge in [0.05, 0.1) is 6.26 Å². The Balaban J connectivity index is 2.40. The molecule has 0 spiro atoms. The van der Waals surface area contributed by atoms with Crippen LogP contribution in [0.15, 0.2) is 0 Å². The minimum Gasteiger partial charge on any atom is -0.316 e. The second-order valence-electron chi connectivity index (χ2n) is 6.69. The highest BCUT2D eigenvalue weighted by Gasteiger charge is 2.27. The van der Waals surface area contributed by atoms with Crippen molar-refractivity contribution in [1.82, 2.24) is 9.62 Å². The summed E-state index contributed by atoms with van der Waals surface area (Å²) >= 11 is 0. The molecule has 1 aliphatic rings. The summed E-state index contributed by atoms with van der Waals surface area (Å²) in [4.78, 5) is 0. The molecule has 2 unspecified atom stereocenters. The minimum absolute atomic E-state index is 0.532. The van der Waals surface area contributed by atoms with Gasteiger partial charge in [0, 0.05) is 13.1 Å². The van der Waals surface area contributed by atoms with Crippen LogP contribution in [0.4, 0.5) is 0 Å². The zero-order valence-corrected chi connectivity index (χ0v) is 14.4. The van der Waals surface area contributed by atoms with Crippen molar-refractivity contribution in [1.29, 1.82) is 0 Å². The van der Waals surface area contributed by atoms with E-state index in [2.05, 4.69) is 26.1 Å². The number of rotatable bonds is 8. The number of hydrogen-bond acceptors (Lipinski definition) is 3. The van der Waals surface area contributed by atoms with Crippen LogP contribution in [0, 0.1) is 17.8 Å². The molecule has 2 atom stereocenters. The normalized spacial score (nSPS) is 23.1. The van der Waals surface area contributed by atoms with Crippen molar-refractivity contribution in [3.05, 3.63) is 0 Å². The molecule has 0 aromatic rings. The molecule has 120 valence electrons. The van der Waals surface area contributed by atoms with E-state index in [1.165, 1.54) is 19.1 Å². The first-order valence-corrected chi connectivity index (χ1v) is 9.83. The fraction of sp³-hybridized carbons (Fsp3) is 1.00. The molecule has 4 nitrogen and oxygen atoms in total. The van der Waals surface area contributed by atoms with E-state index in [0.29, 0.717) is 24.3 Å². The molecule has 0 bridgehead atoms. The van der Waals surface area contributed by atoms with Crippen LogP contribution in [0.1, 0.15) is 46.5 Å².